The predicted molar refractivity (Wildman–Crippen MR) is 166 cm³/mol. The molecular formula is C33H39N3O8. The van der Waals surface area contributed by atoms with Crippen LogP contribution < -0.4 is 16.0 Å². The van der Waals surface area contributed by atoms with Crippen LogP contribution in [0.5, 0.6) is 0 Å². The van der Waals surface area contributed by atoms with Crippen LogP contribution in [-0.2, 0) is 18.9 Å². The summed E-state index contributed by atoms with van der Waals surface area (Å²) in [6.45, 7) is 11.2. The number of aliphatic hydroxyl groups excluding tert-OH is 1. The van der Waals surface area contributed by atoms with E-state index in [1.165, 1.54) is 0 Å². The molecule has 1 saturated heterocycles. The fourth-order valence-electron chi connectivity index (χ4n) is 5.28. The van der Waals surface area contributed by atoms with Crippen LogP contribution in [0.25, 0.3) is 0 Å². The van der Waals surface area contributed by atoms with Gasteiger partial charge in [0.25, 0.3) is 0 Å². The highest BCUT2D eigenvalue weighted by molar-refractivity contribution is 5.86. The van der Waals surface area contributed by atoms with Gasteiger partial charge >= 0.3 is 18.3 Å². The highest BCUT2D eigenvalue weighted by Crippen LogP contribution is 2.27. The van der Waals surface area contributed by atoms with Gasteiger partial charge in [-0.2, -0.15) is 0 Å². The van der Waals surface area contributed by atoms with Crippen LogP contribution >= 0.6 is 0 Å². The first-order chi connectivity index (χ1) is 20.8. The second kappa shape index (κ2) is 14.2. The summed E-state index contributed by atoms with van der Waals surface area (Å²) in [7, 11) is 0. The van der Waals surface area contributed by atoms with Crippen LogP contribution in [0.3, 0.4) is 0 Å². The Balaban J connectivity index is 1.43. The Labute approximate surface area is 256 Å². The van der Waals surface area contributed by atoms with Gasteiger partial charge in [0.15, 0.2) is 12.4 Å². The summed E-state index contributed by atoms with van der Waals surface area (Å²) in [5.41, 5.74) is 7.33. The molecule has 0 unspecified atom stereocenters. The van der Waals surface area contributed by atoms with Crippen molar-refractivity contribution in [2.24, 2.45) is 0 Å². The Hall–Kier alpha value is -4.61. The predicted octanol–water partition coefficient (Wildman–Crippen LogP) is 6.43. The van der Waals surface area contributed by atoms with Gasteiger partial charge in [0.05, 0.1) is 6.10 Å². The van der Waals surface area contributed by atoms with Crippen molar-refractivity contribution in [3.05, 3.63) is 88.0 Å². The number of rotatable bonds is 7. The number of anilines is 3. The topological polar surface area (TPSA) is 144 Å². The largest absolute Gasteiger partial charge is 0.447 e. The number of amides is 3. The molecular weight excluding hydrogens is 566 g/mol. The molecule has 1 aliphatic heterocycles. The van der Waals surface area contributed by atoms with Gasteiger partial charge in [-0.05, 0) is 111 Å². The van der Waals surface area contributed by atoms with Crippen LogP contribution in [0.15, 0.2) is 54.6 Å². The highest BCUT2D eigenvalue weighted by atomic mass is 16.7. The Morgan fingerprint density at radius 3 is 1.48 bits per heavy atom. The van der Waals surface area contributed by atoms with Gasteiger partial charge in [0.2, 0.25) is 0 Å². The Bertz CT molecular complexity index is 1460. The third kappa shape index (κ3) is 9.45. The summed E-state index contributed by atoms with van der Waals surface area (Å²) in [6, 6.07) is 16.6. The standard InChI is InChI=1S/C33H39N3O8/c1-18-7-19(2)11-24(10-18)34-31(38)41-17-27-16-28(43-32(39)35-25-12-20(3)8-21(4)13-25)29(30(37)42-27)44-33(40)36-26-14-22(5)9-23(6)15-26/h7-15,27-30,37H,16-17H2,1-6H3,(H,34,38)(H,35,39)(H,36,40)/t27-,28+,29+,30+/m0/s1. The van der Waals surface area contributed by atoms with Crippen molar-refractivity contribution in [3.63, 3.8) is 0 Å². The zero-order valence-electron chi connectivity index (χ0n) is 25.7. The van der Waals surface area contributed by atoms with Crippen LogP contribution in [0.1, 0.15) is 39.8 Å². The normalized spacial score (nSPS) is 19.4. The monoisotopic (exact) mass is 605 g/mol. The molecule has 4 rings (SSSR count). The lowest BCUT2D eigenvalue weighted by Crippen LogP contribution is -2.53. The van der Waals surface area contributed by atoms with Crippen LogP contribution in [0, 0.1) is 41.5 Å². The summed E-state index contributed by atoms with van der Waals surface area (Å²) >= 11 is 0. The molecule has 0 saturated carbocycles. The van der Waals surface area contributed by atoms with Crippen LogP contribution in [0.4, 0.5) is 31.4 Å². The first kappa shape index (κ1) is 32.3. The Morgan fingerprint density at radius 2 is 1.05 bits per heavy atom. The Morgan fingerprint density at radius 1 is 0.659 bits per heavy atom. The molecule has 11 heteroatoms. The van der Waals surface area contributed by atoms with E-state index in [0.29, 0.717) is 17.1 Å². The number of aryl methyl sites for hydroxylation is 6. The molecule has 1 aliphatic rings. The fraction of sp³-hybridized carbons (Fsp3) is 0.364. The maximum atomic E-state index is 12.9. The molecule has 44 heavy (non-hydrogen) atoms. The van der Waals surface area contributed by atoms with Gasteiger partial charge in [-0.15, -0.1) is 0 Å². The summed E-state index contributed by atoms with van der Waals surface area (Å²) in [5, 5.41) is 18.8. The molecule has 0 aromatic heterocycles. The quantitative estimate of drug-likeness (QED) is 0.226. The number of ether oxygens (including phenoxy) is 4. The molecule has 234 valence electrons. The van der Waals surface area contributed by atoms with E-state index in [0.717, 1.165) is 33.4 Å². The number of hydrogen-bond acceptors (Lipinski definition) is 8. The molecule has 1 fully saturated rings. The molecule has 4 N–H and O–H groups in total. The molecule has 3 aromatic carbocycles. The first-order valence-electron chi connectivity index (χ1n) is 14.3. The molecule has 11 nitrogen and oxygen atoms in total. The lowest BCUT2D eigenvalue weighted by atomic mass is 10.0. The van der Waals surface area contributed by atoms with Crippen molar-refractivity contribution in [1.29, 1.82) is 0 Å². The van der Waals surface area contributed by atoms with Gasteiger partial charge in [0.1, 0.15) is 12.7 Å². The lowest BCUT2D eigenvalue weighted by Gasteiger charge is -2.38. The van der Waals surface area contributed by atoms with E-state index in [1.807, 2.05) is 59.7 Å². The molecule has 4 atom stereocenters. The summed E-state index contributed by atoms with van der Waals surface area (Å²) < 4.78 is 22.1. The molecule has 0 radical (unpaired) electrons. The number of carbonyl (C=O) groups excluding carboxylic acids is 3. The average molecular weight is 606 g/mol. The van der Waals surface area contributed by atoms with E-state index in [4.69, 9.17) is 18.9 Å². The van der Waals surface area contributed by atoms with E-state index in [-0.39, 0.29) is 13.0 Å². The molecule has 3 aromatic rings. The minimum absolute atomic E-state index is 0.0321. The lowest BCUT2D eigenvalue weighted by molar-refractivity contribution is -0.248. The molecule has 3 amide bonds. The van der Waals surface area contributed by atoms with Gasteiger partial charge in [-0.1, -0.05) is 18.2 Å². The van der Waals surface area contributed by atoms with Crippen molar-refractivity contribution in [1.82, 2.24) is 0 Å². The zero-order chi connectivity index (χ0) is 32.0. The minimum Gasteiger partial charge on any atom is -0.447 e. The maximum absolute atomic E-state index is 12.9. The third-order valence-corrected chi connectivity index (χ3v) is 6.78. The van der Waals surface area contributed by atoms with Crippen LogP contribution in [0.2, 0.25) is 0 Å². The molecule has 0 bridgehead atoms. The first-order valence-corrected chi connectivity index (χ1v) is 14.3. The van der Waals surface area contributed by atoms with Crippen molar-refractivity contribution >= 4 is 35.3 Å². The van der Waals surface area contributed by atoms with E-state index >= 15 is 0 Å². The molecule has 1 heterocycles. The van der Waals surface area contributed by atoms with E-state index in [1.54, 1.807) is 36.4 Å². The van der Waals surface area contributed by atoms with E-state index < -0.39 is 42.9 Å². The summed E-state index contributed by atoms with van der Waals surface area (Å²) in [6.07, 6.45) is -7.48. The van der Waals surface area contributed by atoms with E-state index in [9.17, 15) is 19.5 Å². The van der Waals surface area contributed by atoms with Gasteiger partial charge in [0, 0.05) is 23.5 Å². The molecule has 0 spiro atoms. The number of aliphatic hydroxyl groups is 1. The Kier molecular flexibility index (Phi) is 10.5. The van der Waals surface area contributed by atoms with Crippen molar-refractivity contribution in [2.75, 3.05) is 22.6 Å². The second-order valence-electron chi connectivity index (χ2n) is 11.3. The fourth-order valence-corrected chi connectivity index (χ4v) is 5.28. The van der Waals surface area contributed by atoms with Crippen molar-refractivity contribution in [3.8, 4) is 0 Å². The number of carbonyl (C=O) groups is 3. The van der Waals surface area contributed by atoms with Crippen molar-refractivity contribution < 1.29 is 38.4 Å². The number of hydrogen-bond donors (Lipinski definition) is 4. The summed E-state index contributed by atoms with van der Waals surface area (Å²) in [5.74, 6) is 0. The SMILES string of the molecule is Cc1cc(C)cc(NC(=O)OC[C@@H]2C[C@@H](OC(=O)Nc3cc(C)cc(C)c3)[C@@H](OC(=O)Nc3cc(C)cc(C)c3)[C@H](O)O2)c1. The van der Waals surface area contributed by atoms with E-state index in [2.05, 4.69) is 16.0 Å². The minimum atomic E-state index is -1.68. The average Bonchev–Trinajstić information content (AvgIpc) is 2.87. The van der Waals surface area contributed by atoms with Gasteiger partial charge in [-0.3, -0.25) is 16.0 Å². The summed E-state index contributed by atoms with van der Waals surface area (Å²) in [4.78, 5) is 38.2. The van der Waals surface area contributed by atoms with Gasteiger partial charge in [-0.25, -0.2) is 14.4 Å². The smallest absolute Gasteiger partial charge is 0.412 e. The number of benzene rings is 3. The maximum Gasteiger partial charge on any atom is 0.412 e. The third-order valence-electron chi connectivity index (χ3n) is 6.78. The number of nitrogens with one attached hydrogen (secondary N) is 3. The molecule has 0 aliphatic carbocycles. The second-order valence-corrected chi connectivity index (χ2v) is 11.3. The van der Waals surface area contributed by atoms with Gasteiger partial charge < -0.3 is 24.1 Å². The van der Waals surface area contributed by atoms with Crippen LogP contribution in [-0.4, -0.2) is 54.6 Å². The highest BCUT2D eigenvalue weighted by Gasteiger charge is 2.43. The van der Waals surface area contributed by atoms with Crippen molar-refractivity contribution in [2.45, 2.75) is 72.6 Å². The zero-order valence-corrected chi connectivity index (χ0v) is 25.7.